The highest BCUT2D eigenvalue weighted by Crippen LogP contribution is 2.38. The summed E-state index contributed by atoms with van der Waals surface area (Å²) in [5, 5.41) is 13.8. The van der Waals surface area contributed by atoms with Gasteiger partial charge in [0.25, 0.3) is 0 Å². The molecule has 0 saturated carbocycles. The lowest BCUT2D eigenvalue weighted by molar-refractivity contribution is 0.0697. The van der Waals surface area contributed by atoms with Crippen LogP contribution in [0.3, 0.4) is 0 Å². The monoisotopic (exact) mass is 493 g/mol. The zero-order chi connectivity index (χ0) is 23.3. The summed E-state index contributed by atoms with van der Waals surface area (Å²) in [6, 6.07) is 13.8. The number of ether oxygens (including phenoxy) is 2. The van der Waals surface area contributed by atoms with Crippen LogP contribution in [0.1, 0.15) is 34.0 Å². The minimum absolute atomic E-state index is 0.144. The van der Waals surface area contributed by atoms with Crippen molar-refractivity contribution < 1.29 is 19.4 Å². The van der Waals surface area contributed by atoms with Crippen LogP contribution in [-0.2, 0) is 13.2 Å². The topological polar surface area (TPSA) is 67.8 Å². The zero-order valence-electron chi connectivity index (χ0n) is 17.5. The molecule has 168 valence electrons. The minimum atomic E-state index is -0.957. The molecule has 2 N–H and O–H groups in total. The molecule has 0 aliphatic heterocycles. The predicted octanol–water partition coefficient (Wildman–Crippen LogP) is 7.24. The van der Waals surface area contributed by atoms with E-state index in [0.29, 0.717) is 45.3 Å². The predicted molar refractivity (Wildman–Crippen MR) is 129 cm³/mol. The lowest BCUT2D eigenvalue weighted by Gasteiger charge is -2.17. The van der Waals surface area contributed by atoms with E-state index in [4.69, 9.17) is 49.4 Å². The second-order valence-corrected chi connectivity index (χ2v) is 8.24. The van der Waals surface area contributed by atoms with Gasteiger partial charge in [-0.2, -0.15) is 0 Å². The number of nitrogens with one attached hydrogen (secondary N) is 1. The minimum Gasteiger partial charge on any atom is -0.490 e. The van der Waals surface area contributed by atoms with E-state index in [0.717, 1.165) is 16.8 Å². The van der Waals surface area contributed by atoms with E-state index in [1.807, 2.05) is 19.9 Å². The first kappa shape index (κ1) is 24.1. The van der Waals surface area contributed by atoms with Crippen LogP contribution in [0.15, 0.2) is 48.5 Å². The van der Waals surface area contributed by atoms with Crippen LogP contribution in [-0.4, -0.2) is 17.7 Å². The van der Waals surface area contributed by atoms with Gasteiger partial charge in [0, 0.05) is 27.8 Å². The molecule has 0 atom stereocenters. The number of aromatic carboxylic acids is 1. The lowest BCUT2D eigenvalue weighted by atomic mass is 10.1. The zero-order valence-corrected chi connectivity index (χ0v) is 19.8. The van der Waals surface area contributed by atoms with Gasteiger partial charge >= 0.3 is 5.97 Å². The third kappa shape index (κ3) is 5.80. The molecule has 3 rings (SSSR count). The van der Waals surface area contributed by atoms with Crippen LogP contribution in [0.5, 0.6) is 11.5 Å². The molecule has 32 heavy (non-hydrogen) atoms. The SMILES string of the molecule is CCOc1cc(CNc2ccc(C(=O)O)cc2C)cc(Cl)c1OCc1c(Cl)cccc1Cl. The van der Waals surface area contributed by atoms with Gasteiger partial charge in [-0.05, 0) is 67.4 Å². The van der Waals surface area contributed by atoms with Crippen molar-refractivity contribution in [3.63, 3.8) is 0 Å². The van der Waals surface area contributed by atoms with E-state index in [9.17, 15) is 4.79 Å². The number of rotatable bonds is 9. The number of carboxylic acid groups (broad SMARTS) is 1. The molecule has 0 aromatic heterocycles. The molecule has 0 spiro atoms. The first-order valence-corrected chi connectivity index (χ1v) is 11.0. The Bertz CT molecular complexity index is 1110. The van der Waals surface area contributed by atoms with Crippen molar-refractivity contribution in [3.05, 3.63) is 85.9 Å². The summed E-state index contributed by atoms with van der Waals surface area (Å²) in [6.45, 7) is 4.77. The summed E-state index contributed by atoms with van der Waals surface area (Å²) in [4.78, 5) is 11.1. The summed E-state index contributed by atoms with van der Waals surface area (Å²) in [6.07, 6.45) is 0. The van der Waals surface area contributed by atoms with Gasteiger partial charge in [-0.15, -0.1) is 0 Å². The van der Waals surface area contributed by atoms with Gasteiger partial charge in [0.1, 0.15) is 6.61 Å². The molecule has 0 bridgehead atoms. The Morgan fingerprint density at radius 3 is 2.34 bits per heavy atom. The van der Waals surface area contributed by atoms with Crippen molar-refractivity contribution in [1.29, 1.82) is 0 Å². The Labute approximate surface area is 201 Å². The lowest BCUT2D eigenvalue weighted by Crippen LogP contribution is -2.05. The van der Waals surface area contributed by atoms with Crippen molar-refractivity contribution >= 4 is 46.5 Å². The van der Waals surface area contributed by atoms with Crippen molar-refractivity contribution in [1.82, 2.24) is 0 Å². The quantitative estimate of drug-likeness (QED) is 0.328. The average Bonchev–Trinajstić information content (AvgIpc) is 2.74. The molecule has 0 radical (unpaired) electrons. The van der Waals surface area contributed by atoms with Crippen LogP contribution in [0, 0.1) is 6.92 Å². The van der Waals surface area contributed by atoms with Gasteiger partial charge < -0.3 is 19.9 Å². The van der Waals surface area contributed by atoms with Crippen LogP contribution in [0.4, 0.5) is 5.69 Å². The molecule has 3 aromatic rings. The van der Waals surface area contributed by atoms with Gasteiger partial charge in [-0.3, -0.25) is 0 Å². The molecule has 0 heterocycles. The third-order valence-electron chi connectivity index (χ3n) is 4.75. The third-order valence-corrected chi connectivity index (χ3v) is 5.74. The maximum atomic E-state index is 11.1. The fourth-order valence-corrected chi connectivity index (χ4v) is 3.93. The summed E-state index contributed by atoms with van der Waals surface area (Å²) < 4.78 is 11.7. The number of hydrogen-bond donors (Lipinski definition) is 2. The van der Waals surface area contributed by atoms with Crippen molar-refractivity contribution in [2.24, 2.45) is 0 Å². The summed E-state index contributed by atoms with van der Waals surface area (Å²) >= 11 is 19.0. The van der Waals surface area contributed by atoms with Gasteiger partial charge in [-0.1, -0.05) is 40.9 Å². The highest BCUT2D eigenvalue weighted by molar-refractivity contribution is 6.36. The molecule has 8 heteroatoms. The molecule has 0 aliphatic rings. The fourth-order valence-electron chi connectivity index (χ4n) is 3.13. The summed E-state index contributed by atoms with van der Waals surface area (Å²) in [7, 11) is 0. The van der Waals surface area contributed by atoms with E-state index in [1.165, 1.54) is 0 Å². The summed E-state index contributed by atoms with van der Waals surface area (Å²) in [5.74, 6) is -0.0328. The second-order valence-electron chi connectivity index (χ2n) is 7.02. The number of carboxylic acids is 1. The Morgan fingerprint density at radius 1 is 1.00 bits per heavy atom. The molecule has 3 aromatic carbocycles. The van der Waals surface area contributed by atoms with E-state index in [1.54, 1.807) is 42.5 Å². The first-order valence-electron chi connectivity index (χ1n) is 9.88. The Balaban J connectivity index is 1.78. The van der Waals surface area contributed by atoms with Crippen molar-refractivity contribution in [2.75, 3.05) is 11.9 Å². The number of anilines is 1. The smallest absolute Gasteiger partial charge is 0.335 e. The van der Waals surface area contributed by atoms with E-state index in [-0.39, 0.29) is 12.2 Å². The molecule has 0 aliphatic carbocycles. The van der Waals surface area contributed by atoms with Gasteiger partial charge in [0.2, 0.25) is 0 Å². The van der Waals surface area contributed by atoms with Crippen molar-refractivity contribution in [3.8, 4) is 11.5 Å². The Hall–Kier alpha value is -2.60. The Morgan fingerprint density at radius 2 is 1.72 bits per heavy atom. The van der Waals surface area contributed by atoms with E-state index >= 15 is 0 Å². The average molecular weight is 495 g/mol. The van der Waals surface area contributed by atoms with Crippen LogP contribution < -0.4 is 14.8 Å². The normalized spacial score (nSPS) is 10.7. The molecular weight excluding hydrogens is 473 g/mol. The fraction of sp³-hybridized carbons (Fsp3) is 0.208. The molecule has 0 fully saturated rings. The van der Waals surface area contributed by atoms with E-state index < -0.39 is 5.97 Å². The molecule has 5 nitrogen and oxygen atoms in total. The maximum Gasteiger partial charge on any atom is 0.335 e. The number of benzene rings is 3. The number of carbonyl (C=O) groups is 1. The van der Waals surface area contributed by atoms with Gasteiger partial charge in [0.15, 0.2) is 11.5 Å². The molecule has 0 unspecified atom stereocenters. The standard InChI is InChI=1S/C24H22Cl3NO4/c1-3-31-22-11-15(12-28-21-8-7-16(24(29)30)9-14(21)2)10-20(27)23(22)32-13-17-18(25)5-4-6-19(17)26/h4-11,28H,3,12-13H2,1-2H3,(H,29,30). The molecule has 0 amide bonds. The number of halogens is 3. The van der Waals surface area contributed by atoms with Crippen LogP contribution in [0.25, 0.3) is 0 Å². The van der Waals surface area contributed by atoms with Gasteiger partial charge in [0.05, 0.1) is 17.2 Å². The summed E-state index contributed by atoms with van der Waals surface area (Å²) in [5.41, 5.74) is 3.45. The molecular formula is C24H22Cl3NO4. The van der Waals surface area contributed by atoms with Crippen molar-refractivity contribution in [2.45, 2.75) is 27.0 Å². The van der Waals surface area contributed by atoms with E-state index in [2.05, 4.69) is 5.32 Å². The second kappa shape index (κ2) is 10.8. The van der Waals surface area contributed by atoms with Crippen LogP contribution in [0.2, 0.25) is 15.1 Å². The van der Waals surface area contributed by atoms with Gasteiger partial charge in [-0.25, -0.2) is 4.79 Å². The maximum absolute atomic E-state index is 11.1. The van der Waals surface area contributed by atoms with Crippen LogP contribution >= 0.6 is 34.8 Å². The number of hydrogen-bond acceptors (Lipinski definition) is 4. The number of aryl methyl sites for hydroxylation is 1. The largest absolute Gasteiger partial charge is 0.490 e. The first-order chi connectivity index (χ1) is 15.3. The highest BCUT2D eigenvalue weighted by Gasteiger charge is 2.15. The highest BCUT2D eigenvalue weighted by atomic mass is 35.5. The molecule has 0 saturated heterocycles. The Kier molecular flexibility index (Phi) is 8.13.